The van der Waals surface area contributed by atoms with E-state index in [0.29, 0.717) is 24.1 Å². The van der Waals surface area contributed by atoms with E-state index in [-0.39, 0.29) is 17.6 Å². The third-order valence-electron chi connectivity index (χ3n) is 4.63. The molecular weight excluding hydrogens is 290 g/mol. The lowest BCUT2D eigenvalue weighted by atomic mass is 9.86. The van der Waals surface area contributed by atoms with Crippen molar-refractivity contribution >= 4 is 5.91 Å². The van der Waals surface area contributed by atoms with Gasteiger partial charge >= 0.3 is 0 Å². The number of nitrogens with one attached hydrogen (secondary N) is 2. The molecule has 2 heterocycles. The van der Waals surface area contributed by atoms with Crippen molar-refractivity contribution in [2.24, 2.45) is 0 Å². The van der Waals surface area contributed by atoms with Crippen LogP contribution in [-0.4, -0.2) is 35.4 Å². The van der Waals surface area contributed by atoms with Crippen molar-refractivity contribution in [2.75, 3.05) is 13.2 Å². The largest absolute Gasteiger partial charge is 0.376 e. The number of aromatic amines is 1. The number of hydrogen-bond acceptors (Lipinski definition) is 3. The zero-order valence-electron chi connectivity index (χ0n) is 15.8. The molecule has 23 heavy (non-hydrogen) atoms. The fourth-order valence-electron chi connectivity index (χ4n) is 3.43. The van der Waals surface area contributed by atoms with Crippen LogP contribution in [0.2, 0.25) is 0 Å². The maximum atomic E-state index is 12.6. The predicted octanol–water partition coefficient (Wildman–Crippen LogP) is 2.39. The first-order valence-corrected chi connectivity index (χ1v) is 8.03. The first-order chi connectivity index (χ1) is 12.4. The van der Waals surface area contributed by atoms with E-state index in [4.69, 9.17) is 8.85 Å². The van der Waals surface area contributed by atoms with E-state index < -0.39 is 6.85 Å². The van der Waals surface area contributed by atoms with Crippen LogP contribution in [0, 0.1) is 6.85 Å². The summed E-state index contributed by atoms with van der Waals surface area (Å²) in [4.78, 5) is 12.6. The van der Waals surface area contributed by atoms with Gasteiger partial charge in [0.1, 0.15) is 0 Å². The van der Waals surface area contributed by atoms with Gasteiger partial charge in [-0.1, -0.05) is 0 Å². The summed E-state index contributed by atoms with van der Waals surface area (Å²) in [5, 5.41) is 9.85. The van der Waals surface area contributed by atoms with Crippen LogP contribution in [0.3, 0.4) is 0 Å². The van der Waals surface area contributed by atoms with Gasteiger partial charge in [-0.2, -0.15) is 5.10 Å². The predicted molar refractivity (Wildman–Crippen MR) is 87.5 cm³/mol. The summed E-state index contributed by atoms with van der Waals surface area (Å²) in [7, 11) is 0. The average molecular weight is 314 g/mol. The number of amides is 1. The number of ether oxygens (including phenoxy) is 1. The molecule has 0 saturated carbocycles. The molecule has 1 atom stereocenters. The minimum Gasteiger partial charge on any atom is -0.376 e. The first kappa shape index (κ1) is 11.4. The Kier molecular flexibility index (Phi) is 2.88. The number of rotatable bonds is 3. The minimum atomic E-state index is -2.31. The van der Waals surface area contributed by atoms with Gasteiger partial charge in [0, 0.05) is 28.4 Å². The van der Waals surface area contributed by atoms with E-state index >= 15 is 0 Å². The molecule has 1 aliphatic carbocycles. The molecule has 0 unspecified atom stereocenters. The Morgan fingerprint density at radius 1 is 1.48 bits per heavy atom. The molecule has 1 saturated heterocycles. The molecule has 5 heteroatoms. The molecule has 2 N–H and O–H groups in total. The molecule has 1 amide bonds. The van der Waals surface area contributed by atoms with Gasteiger partial charge in [-0.25, -0.2) is 0 Å². The van der Waals surface area contributed by atoms with Gasteiger partial charge < -0.3 is 10.1 Å². The lowest BCUT2D eigenvalue weighted by molar-refractivity contribution is 0.0857. The molecule has 1 fully saturated rings. The van der Waals surface area contributed by atoms with Crippen LogP contribution in [0.15, 0.2) is 18.3 Å². The van der Waals surface area contributed by atoms with Gasteiger partial charge in [0.15, 0.2) is 0 Å². The third-order valence-corrected chi connectivity index (χ3v) is 4.63. The summed E-state index contributed by atoms with van der Waals surface area (Å²) in [5.74, 6) is -0.260. The minimum absolute atomic E-state index is 0.0474. The van der Waals surface area contributed by atoms with Crippen molar-refractivity contribution in [1.82, 2.24) is 15.5 Å². The summed E-state index contributed by atoms with van der Waals surface area (Å²) in [6.45, 7) is -1.13. The molecule has 120 valence electrons. The van der Waals surface area contributed by atoms with E-state index in [1.165, 1.54) is 6.07 Å². The van der Waals surface area contributed by atoms with Crippen LogP contribution in [0.4, 0.5) is 0 Å². The summed E-state index contributed by atoms with van der Waals surface area (Å²) < 4.78 is 29.3. The Labute approximate surface area is 139 Å². The molecule has 0 bridgehead atoms. The molecular formula is C18H21N3O2. The zero-order chi connectivity index (χ0) is 18.3. The highest BCUT2D eigenvalue weighted by Crippen LogP contribution is 2.35. The summed E-state index contributed by atoms with van der Waals surface area (Å²) in [6.07, 6.45) is 5.20. The van der Waals surface area contributed by atoms with Crippen molar-refractivity contribution in [2.45, 2.75) is 38.6 Å². The Morgan fingerprint density at radius 3 is 3.22 bits per heavy atom. The van der Waals surface area contributed by atoms with Crippen molar-refractivity contribution in [1.29, 1.82) is 0 Å². The van der Waals surface area contributed by atoms with E-state index in [1.54, 1.807) is 12.3 Å². The number of aryl methyl sites for hydroxylation is 3. The molecule has 0 spiro atoms. The Morgan fingerprint density at radius 2 is 2.39 bits per heavy atom. The van der Waals surface area contributed by atoms with Crippen LogP contribution in [-0.2, 0) is 17.6 Å². The van der Waals surface area contributed by atoms with Crippen LogP contribution in [0.25, 0.3) is 11.3 Å². The van der Waals surface area contributed by atoms with Gasteiger partial charge in [-0.15, -0.1) is 0 Å². The molecule has 4 rings (SSSR count). The molecule has 1 aliphatic heterocycles. The van der Waals surface area contributed by atoms with Gasteiger partial charge in [-0.05, 0) is 61.4 Å². The van der Waals surface area contributed by atoms with Crippen molar-refractivity contribution in [3.8, 4) is 11.3 Å². The highest BCUT2D eigenvalue weighted by molar-refractivity contribution is 5.95. The van der Waals surface area contributed by atoms with Crippen LogP contribution < -0.4 is 5.32 Å². The number of aromatic nitrogens is 2. The molecule has 2 aromatic rings. The van der Waals surface area contributed by atoms with Crippen molar-refractivity contribution in [3.63, 3.8) is 0 Å². The number of benzene rings is 1. The second-order valence-corrected chi connectivity index (χ2v) is 6.17. The molecule has 1 aromatic carbocycles. The van der Waals surface area contributed by atoms with Crippen LogP contribution in [0.1, 0.15) is 44.0 Å². The number of carbonyl (C=O) groups is 1. The quantitative estimate of drug-likeness (QED) is 0.914. The second kappa shape index (κ2) is 5.81. The fourth-order valence-corrected chi connectivity index (χ4v) is 3.43. The Balaban J connectivity index is 1.68. The topological polar surface area (TPSA) is 67.0 Å². The normalized spacial score (nSPS) is 21.7. The van der Waals surface area contributed by atoms with E-state index in [1.807, 2.05) is 0 Å². The Bertz CT molecular complexity index is 839. The van der Waals surface area contributed by atoms with E-state index in [2.05, 4.69) is 15.5 Å². The van der Waals surface area contributed by atoms with Gasteiger partial charge in [0.05, 0.1) is 18.0 Å². The zero-order valence-corrected chi connectivity index (χ0v) is 12.8. The standard InChI is InChI=1S/C18H21N3O2/c1-11-7-14(18(22)19-10-15-3-2-6-23-15)8-12-4-5-13-9-20-21-17(13)16(11)12/h7-9,15H,2-6,10H2,1H3,(H,19,22)(H,20,21)/t15-/m0/s1/i1D3. The number of carbonyl (C=O) groups excluding carboxylic acids is 1. The average Bonchev–Trinajstić information content (AvgIpc) is 3.28. The molecule has 5 nitrogen and oxygen atoms in total. The third kappa shape index (κ3) is 2.65. The van der Waals surface area contributed by atoms with Crippen LogP contribution in [0.5, 0.6) is 0 Å². The number of fused-ring (bicyclic) bond motifs is 3. The van der Waals surface area contributed by atoms with Gasteiger partial charge in [0.2, 0.25) is 0 Å². The van der Waals surface area contributed by atoms with Crippen molar-refractivity contribution < 1.29 is 13.6 Å². The highest BCUT2D eigenvalue weighted by Gasteiger charge is 2.22. The lowest BCUT2D eigenvalue weighted by Gasteiger charge is -2.19. The summed E-state index contributed by atoms with van der Waals surface area (Å²) in [5.41, 5.74) is 3.89. The van der Waals surface area contributed by atoms with E-state index in [9.17, 15) is 4.79 Å². The Hall–Kier alpha value is -2.14. The van der Waals surface area contributed by atoms with Crippen LogP contribution >= 0.6 is 0 Å². The van der Waals surface area contributed by atoms with Gasteiger partial charge in [0.25, 0.3) is 5.91 Å². The number of H-pyrrole nitrogens is 1. The fraction of sp³-hybridized carbons (Fsp3) is 0.444. The first-order valence-electron chi connectivity index (χ1n) is 9.53. The lowest BCUT2D eigenvalue weighted by Crippen LogP contribution is -2.32. The molecule has 2 aliphatic rings. The summed E-state index contributed by atoms with van der Waals surface area (Å²) >= 11 is 0. The van der Waals surface area contributed by atoms with E-state index in [0.717, 1.165) is 42.7 Å². The number of nitrogens with zero attached hydrogens (tertiary/aromatic N) is 1. The highest BCUT2D eigenvalue weighted by atomic mass is 16.5. The summed E-state index contributed by atoms with van der Waals surface area (Å²) in [6, 6.07) is 3.30. The van der Waals surface area contributed by atoms with Crippen molar-refractivity contribution in [3.05, 3.63) is 40.6 Å². The second-order valence-electron chi connectivity index (χ2n) is 6.17. The number of hydrogen-bond donors (Lipinski definition) is 2. The molecule has 1 aromatic heterocycles. The maximum Gasteiger partial charge on any atom is 0.251 e. The maximum absolute atomic E-state index is 12.6. The smallest absolute Gasteiger partial charge is 0.251 e. The van der Waals surface area contributed by atoms with Gasteiger partial charge in [-0.3, -0.25) is 9.89 Å². The molecule has 0 radical (unpaired) electrons. The SMILES string of the molecule is [2H]C([2H])([2H])c1cc(C(=O)NC[C@@H]2CCCO2)cc2c1-c1[nH]ncc1CC2. The monoisotopic (exact) mass is 314 g/mol.